The van der Waals surface area contributed by atoms with E-state index in [1.165, 1.54) is 18.9 Å². The second-order valence-electron chi connectivity index (χ2n) is 6.59. The van der Waals surface area contributed by atoms with Gasteiger partial charge in [-0.3, -0.25) is 9.47 Å². The third-order valence-electron chi connectivity index (χ3n) is 4.46. The van der Waals surface area contributed by atoms with Crippen molar-refractivity contribution >= 4 is 40.9 Å². The first-order valence-electron chi connectivity index (χ1n) is 9.51. The molecule has 0 aliphatic rings. The van der Waals surface area contributed by atoms with Crippen molar-refractivity contribution in [3.05, 3.63) is 83.6 Å². The van der Waals surface area contributed by atoms with E-state index in [0.29, 0.717) is 27.3 Å². The van der Waals surface area contributed by atoms with Crippen LogP contribution in [0.25, 0.3) is 11.4 Å². The Bertz CT molecular complexity index is 1220. The van der Waals surface area contributed by atoms with Crippen LogP contribution in [0.1, 0.15) is 10.4 Å². The molecule has 1 amide bonds. The molecule has 2 aromatic heterocycles. The number of hydrogen-bond donors (Lipinski definition) is 1. The van der Waals surface area contributed by atoms with Crippen LogP contribution in [0.5, 0.6) is 0 Å². The molecule has 4 aromatic rings. The van der Waals surface area contributed by atoms with Crippen LogP contribution in [0.15, 0.2) is 78.2 Å². The fraction of sp³-hybridized carbons (Fsp3) is 0.0909. The molecule has 0 radical (unpaired) electrons. The molecule has 2 heterocycles. The largest absolute Gasteiger partial charge is 0.465 e. The minimum Gasteiger partial charge on any atom is -0.465 e. The van der Waals surface area contributed by atoms with Gasteiger partial charge >= 0.3 is 5.97 Å². The van der Waals surface area contributed by atoms with Crippen molar-refractivity contribution in [1.82, 2.24) is 19.5 Å². The summed E-state index contributed by atoms with van der Waals surface area (Å²) >= 11 is 7.27. The van der Waals surface area contributed by atoms with Gasteiger partial charge < -0.3 is 10.1 Å². The topological polar surface area (TPSA) is 91.0 Å². The number of ether oxygens (including phenoxy) is 1. The Balaban J connectivity index is 1.49. The monoisotopic (exact) mass is 467 g/mol. The van der Waals surface area contributed by atoms with Gasteiger partial charge in [0.1, 0.15) is 0 Å². The maximum absolute atomic E-state index is 12.5. The van der Waals surface area contributed by atoms with Crippen LogP contribution in [-0.2, 0) is 9.53 Å². The summed E-state index contributed by atoms with van der Waals surface area (Å²) in [4.78, 5) is 24.0. The van der Waals surface area contributed by atoms with E-state index in [1.54, 1.807) is 36.4 Å². The molecule has 32 heavy (non-hydrogen) atoms. The summed E-state index contributed by atoms with van der Waals surface area (Å²) in [7, 11) is 1.32. The molecule has 2 aromatic carbocycles. The smallest absolute Gasteiger partial charge is 0.337 e. The molecule has 8 nitrogen and oxygen atoms in total. The Kier molecular flexibility index (Phi) is 6.58. The first-order valence-corrected chi connectivity index (χ1v) is 10.9. The summed E-state index contributed by atoms with van der Waals surface area (Å²) < 4.78 is 8.34. The number of esters is 1. The third-order valence-corrected chi connectivity index (χ3v) is 5.63. The zero-order valence-corrected chi connectivity index (χ0v) is 18.5. The van der Waals surface area contributed by atoms with Gasteiger partial charge in [-0.2, -0.15) is 0 Å². The number of nitrogens with zero attached hydrogens (tertiary/aromatic N) is 4. The standard InChI is InChI=1S/C22H18ClN5O3S/c1-31-21(30)16-6-10-18(11-7-16)24-19(29)14-32-22-26-25-20(15-4-8-17(23)9-5-15)28(22)27-12-2-3-13-27/h2-13H,14H2,1H3,(H,24,29). The van der Waals surface area contributed by atoms with Crippen molar-refractivity contribution in [3.63, 3.8) is 0 Å². The fourth-order valence-electron chi connectivity index (χ4n) is 2.94. The van der Waals surface area contributed by atoms with Crippen LogP contribution < -0.4 is 5.32 Å². The van der Waals surface area contributed by atoms with E-state index in [9.17, 15) is 9.59 Å². The normalized spacial score (nSPS) is 10.7. The molecule has 0 atom stereocenters. The number of hydrogen-bond acceptors (Lipinski definition) is 6. The van der Waals surface area contributed by atoms with Crippen LogP contribution in [-0.4, -0.2) is 44.3 Å². The molecule has 162 valence electrons. The summed E-state index contributed by atoms with van der Waals surface area (Å²) in [6.45, 7) is 0. The number of carbonyl (C=O) groups excluding carboxylic acids is 2. The van der Waals surface area contributed by atoms with Gasteiger partial charge in [0.25, 0.3) is 0 Å². The minimum atomic E-state index is -0.431. The predicted octanol–water partition coefficient (Wildman–Crippen LogP) is 4.23. The van der Waals surface area contributed by atoms with Crippen molar-refractivity contribution in [3.8, 4) is 11.4 Å². The Morgan fingerprint density at radius 3 is 2.38 bits per heavy atom. The Hall–Kier alpha value is -3.56. The number of thioether (sulfide) groups is 1. The lowest BCUT2D eigenvalue weighted by Crippen LogP contribution is -2.16. The highest BCUT2D eigenvalue weighted by atomic mass is 35.5. The maximum atomic E-state index is 12.5. The van der Waals surface area contributed by atoms with Gasteiger partial charge in [0.2, 0.25) is 11.1 Å². The second-order valence-corrected chi connectivity index (χ2v) is 7.97. The zero-order chi connectivity index (χ0) is 22.5. The summed E-state index contributed by atoms with van der Waals surface area (Å²) in [5, 5.41) is 12.6. The number of methoxy groups -OCH3 is 1. The lowest BCUT2D eigenvalue weighted by molar-refractivity contribution is -0.113. The van der Waals surface area contributed by atoms with Crippen LogP contribution in [0.2, 0.25) is 5.02 Å². The molecule has 0 fully saturated rings. The first-order chi connectivity index (χ1) is 15.5. The van der Waals surface area contributed by atoms with Gasteiger partial charge in [-0.25, -0.2) is 9.47 Å². The lowest BCUT2D eigenvalue weighted by atomic mass is 10.2. The number of halogens is 1. The van der Waals surface area contributed by atoms with Crippen LogP contribution in [0, 0.1) is 0 Å². The highest BCUT2D eigenvalue weighted by Gasteiger charge is 2.17. The number of nitrogens with one attached hydrogen (secondary N) is 1. The van der Waals surface area contributed by atoms with Crippen LogP contribution in [0.4, 0.5) is 5.69 Å². The average Bonchev–Trinajstić information content (AvgIpc) is 3.48. The van der Waals surface area contributed by atoms with E-state index in [2.05, 4.69) is 20.3 Å². The molecule has 10 heteroatoms. The highest BCUT2D eigenvalue weighted by Crippen LogP contribution is 2.25. The molecule has 0 aliphatic carbocycles. The van der Waals surface area contributed by atoms with E-state index in [4.69, 9.17) is 11.6 Å². The lowest BCUT2D eigenvalue weighted by Gasteiger charge is -2.11. The summed E-state index contributed by atoms with van der Waals surface area (Å²) in [5.41, 5.74) is 1.84. The van der Waals surface area contributed by atoms with E-state index in [-0.39, 0.29) is 11.7 Å². The summed E-state index contributed by atoms with van der Waals surface area (Å²) in [5.74, 6) is 0.105. The van der Waals surface area contributed by atoms with E-state index in [0.717, 1.165) is 5.56 Å². The molecule has 1 N–H and O–H groups in total. The highest BCUT2D eigenvalue weighted by molar-refractivity contribution is 7.99. The second kappa shape index (κ2) is 9.71. The van der Waals surface area contributed by atoms with Gasteiger partial charge in [0.05, 0.1) is 18.4 Å². The van der Waals surface area contributed by atoms with Gasteiger partial charge in [0, 0.05) is 28.7 Å². The van der Waals surface area contributed by atoms with Gasteiger partial charge in [-0.05, 0) is 60.7 Å². The maximum Gasteiger partial charge on any atom is 0.337 e. The van der Waals surface area contributed by atoms with Gasteiger partial charge in [-0.15, -0.1) is 10.2 Å². The molecule has 0 bridgehead atoms. The Labute approximate surface area is 193 Å². The summed E-state index contributed by atoms with van der Waals surface area (Å²) in [6.07, 6.45) is 3.74. The number of anilines is 1. The zero-order valence-electron chi connectivity index (χ0n) is 16.9. The molecule has 0 saturated heterocycles. The number of amides is 1. The summed E-state index contributed by atoms with van der Waals surface area (Å²) in [6, 6.07) is 17.6. The van der Waals surface area contributed by atoms with Gasteiger partial charge in [0.15, 0.2) is 5.82 Å². The van der Waals surface area contributed by atoms with E-state index in [1.807, 2.05) is 46.0 Å². The fourth-order valence-corrected chi connectivity index (χ4v) is 3.80. The molecule has 4 rings (SSSR count). The third kappa shape index (κ3) is 4.84. The van der Waals surface area contributed by atoms with Crippen molar-refractivity contribution in [2.24, 2.45) is 0 Å². The Morgan fingerprint density at radius 1 is 1.03 bits per heavy atom. The van der Waals surface area contributed by atoms with E-state index < -0.39 is 5.97 Å². The molecule has 0 saturated carbocycles. The predicted molar refractivity (Wildman–Crippen MR) is 123 cm³/mol. The number of aromatic nitrogens is 4. The van der Waals surface area contributed by atoms with Gasteiger partial charge in [-0.1, -0.05) is 23.4 Å². The van der Waals surface area contributed by atoms with Crippen molar-refractivity contribution < 1.29 is 14.3 Å². The van der Waals surface area contributed by atoms with Crippen molar-refractivity contribution in [2.75, 3.05) is 18.2 Å². The number of carbonyl (C=O) groups is 2. The quantitative estimate of drug-likeness (QED) is 0.323. The van der Waals surface area contributed by atoms with E-state index >= 15 is 0 Å². The van der Waals surface area contributed by atoms with Crippen molar-refractivity contribution in [2.45, 2.75) is 5.16 Å². The molecule has 0 spiro atoms. The number of rotatable bonds is 7. The number of benzene rings is 2. The molecule has 0 aliphatic heterocycles. The average molecular weight is 468 g/mol. The SMILES string of the molecule is COC(=O)c1ccc(NC(=O)CSc2nnc(-c3ccc(Cl)cc3)n2-n2cccc2)cc1. The van der Waals surface area contributed by atoms with Crippen molar-refractivity contribution in [1.29, 1.82) is 0 Å². The minimum absolute atomic E-state index is 0.124. The molecular formula is C22H18ClN5O3S. The molecule has 0 unspecified atom stereocenters. The van der Waals surface area contributed by atoms with Crippen LogP contribution in [0.3, 0.4) is 0 Å². The first kappa shape index (κ1) is 21.7. The Morgan fingerprint density at radius 2 is 1.72 bits per heavy atom. The van der Waals surface area contributed by atoms with Crippen LogP contribution >= 0.6 is 23.4 Å². The molecular weight excluding hydrogens is 450 g/mol.